The summed E-state index contributed by atoms with van der Waals surface area (Å²) in [6.07, 6.45) is 3.60. The molecule has 2 aromatic rings. The number of allylic oxidation sites excluding steroid dienone is 2. The van der Waals surface area contributed by atoms with Crippen LogP contribution in [0, 0.1) is 0 Å². The van der Waals surface area contributed by atoms with Crippen LogP contribution >= 0.6 is 0 Å². The Bertz CT molecular complexity index is 836. The van der Waals surface area contributed by atoms with E-state index in [0.717, 1.165) is 29.7 Å². The molecule has 1 amide bonds. The minimum atomic E-state index is -0.531. The van der Waals surface area contributed by atoms with Crippen molar-refractivity contribution >= 4 is 17.5 Å². The number of fused-ring (bicyclic) bond motifs is 1. The number of aromatic nitrogens is 2. The summed E-state index contributed by atoms with van der Waals surface area (Å²) >= 11 is 0. The van der Waals surface area contributed by atoms with Gasteiger partial charge in [0.15, 0.2) is 5.78 Å². The summed E-state index contributed by atoms with van der Waals surface area (Å²) < 4.78 is 1.69. The summed E-state index contributed by atoms with van der Waals surface area (Å²) in [4.78, 5) is 24.2. The van der Waals surface area contributed by atoms with Crippen LogP contribution in [0.15, 0.2) is 47.8 Å². The number of nitrogens with two attached hydrogens (primary N) is 1. The molecule has 116 valence electrons. The van der Waals surface area contributed by atoms with Gasteiger partial charge in [-0.1, -0.05) is 30.3 Å². The maximum Gasteiger partial charge on any atom is 0.254 e. The molecular formula is C17H16N4O2. The average molecular weight is 308 g/mol. The predicted molar refractivity (Wildman–Crippen MR) is 84.8 cm³/mol. The number of nitrogens with one attached hydrogen (secondary N) is 1. The third kappa shape index (κ3) is 2.06. The molecule has 0 bridgehead atoms. The number of benzene rings is 1. The molecule has 6 nitrogen and oxygen atoms in total. The third-order valence-electron chi connectivity index (χ3n) is 4.42. The van der Waals surface area contributed by atoms with Gasteiger partial charge >= 0.3 is 0 Å². The Hall–Kier alpha value is -2.89. The van der Waals surface area contributed by atoms with Crippen LogP contribution < -0.4 is 11.1 Å². The van der Waals surface area contributed by atoms with Gasteiger partial charge in [0.05, 0.1) is 6.20 Å². The number of hydrogen-bond acceptors (Lipinski definition) is 4. The van der Waals surface area contributed by atoms with E-state index in [1.165, 1.54) is 6.20 Å². The zero-order valence-electron chi connectivity index (χ0n) is 12.5. The lowest BCUT2D eigenvalue weighted by Gasteiger charge is -2.33. The van der Waals surface area contributed by atoms with Gasteiger partial charge in [-0.25, -0.2) is 4.68 Å². The molecule has 0 unspecified atom stereocenters. The number of rotatable bonds is 2. The summed E-state index contributed by atoms with van der Waals surface area (Å²) in [5, 5.41) is 7.55. The van der Waals surface area contributed by atoms with Crippen LogP contribution in [-0.2, 0) is 4.79 Å². The zero-order valence-corrected chi connectivity index (χ0v) is 12.5. The first-order valence-corrected chi connectivity index (χ1v) is 7.62. The Morgan fingerprint density at radius 2 is 2.04 bits per heavy atom. The smallest absolute Gasteiger partial charge is 0.254 e. The van der Waals surface area contributed by atoms with E-state index < -0.39 is 5.91 Å². The van der Waals surface area contributed by atoms with E-state index in [1.807, 2.05) is 30.3 Å². The summed E-state index contributed by atoms with van der Waals surface area (Å²) in [5.41, 5.74) is 8.38. The predicted octanol–water partition coefficient (Wildman–Crippen LogP) is 2.00. The molecule has 6 heteroatoms. The van der Waals surface area contributed by atoms with Crippen molar-refractivity contribution in [2.24, 2.45) is 5.73 Å². The van der Waals surface area contributed by atoms with E-state index in [4.69, 9.17) is 5.73 Å². The number of anilines is 1. The van der Waals surface area contributed by atoms with Crippen molar-refractivity contribution in [1.29, 1.82) is 0 Å². The van der Waals surface area contributed by atoms with Gasteiger partial charge in [-0.05, 0) is 18.4 Å². The number of primary amides is 1. The lowest BCUT2D eigenvalue weighted by Crippen LogP contribution is -2.32. The molecule has 1 aromatic heterocycles. The van der Waals surface area contributed by atoms with Gasteiger partial charge in [0.25, 0.3) is 5.91 Å². The van der Waals surface area contributed by atoms with Gasteiger partial charge in [-0.3, -0.25) is 9.59 Å². The summed E-state index contributed by atoms with van der Waals surface area (Å²) in [7, 11) is 0. The molecule has 0 saturated carbocycles. The fraction of sp³-hybridized carbons (Fsp3) is 0.235. The summed E-state index contributed by atoms with van der Waals surface area (Å²) in [6, 6.07) is 9.42. The quantitative estimate of drug-likeness (QED) is 0.888. The number of carbonyl (C=O) groups excluding carboxylic acids is 2. The molecule has 1 aliphatic heterocycles. The maximum absolute atomic E-state index is 12.5. The van der Waals surface area contributed by atoms with Gasteiger partial charge in [0.2, 0.25) is 0 Å². The fourth-order valence-corrected chi connectivity index (χ4v) is 3.38. The second-order valence-corrected chi connectivity index (χ2v) is 5.82. The van der Waals surface area contributed by atoms with Crippen molar-refractivity contribution in [3.63, 3.8) is 0 Å². The van der Waals surface area contributed by atoms with E-state index in [0.29, 0.717) is 17.8 Å². The maximum atomic E-state index is 12.5. The van der Waals surface area contributed by atoms with E-state index in [9.17, 15) is 9.59 Å². The molecular weight excluding hydrogens is 292 g/mol. The lowest BCUT2D eigenvalue weighted by molar-refractivity contribution is -0.116. The van der Waals surface area contributed by atoms with E-state index >= 15 is 0 Å². The fourth-order valence-electron chi connectivity index (χ4n) is 3.38. The van der Waals surface area contributed by atoms with Gasteiger partial charge < -0.3 is 11.1 Å². The topological polar surface area (TPSA) is 90.0 Å². The van der Waals surface area contributed by atoms with Crippen molar-refractivity contribution in [3.05, 3.63) is 58.9 Å². The Morgan fingerprint density at radius 3 is 2.78 bits per heavy atom. The molecule has 3 N–H and O–H groups in total. The zero-order chi connectivity index (χ0) is 16.0. The standard InChI is InChI=1S/C17H16N4O2/c18-16(23)11-9-19-21-15(10-5-2-1-3-6-10)14-12(20-17(11)21)7-4-8-13(14)22/h1-3,5-6,9,15,20H,4,7-8H2,(H2,18,23)/t15-/m1/s1. The number of hydrogen-bond donors (Lipinski definition) is 2. The van der Waals surface area contributed by atoms with Crippen LogP contribution in [0.5, 0.6) is 0 Å². The first-order chi connectivity index (χ1) is 11.2. The van der Waals surface area contributed by atoms with Gasteiger partial charge in [-0.15, -0.1) is 0 Å². The van der Waals surface area contributed by atoms with Crippen molar-refractivity contribution in [2.75, 3.05) is 5.32 Å². The van der Waals surface area contributed by atoms with Crippen molar-refractivity contribution in [1.82, 2.24) is 9.78 Å². The van der Waals surface area contributed by atoms with Crippen LogP contribution in [0.1, 0.15) is 41.2 Å². The number of nitrogens with zero attached hydrogens (tertiary/aromatic N) is 2. The largest absolute Gasteiger partial charge is 0.365 e. The Morgan fingerprint density at radius 1 is 1.26 bits per heavy atom. The summed E-state index contributed by atoms with van der Waals surface area (Å²) in [6.45, 7) is 0. The highest BCUT2D eigenvalue weighted by atomic mass is 16.1. The Labute approximate surface area is 133 Å². The number of ketones is 1. The Kier molecular flexibility index (Phi) is 3.04. The monoisotopic (exact) mass is 308 g/mol. The van der Waals surface area contributed by atoms with E-state index in [1.54, 1.807) is 4.68 Å². The second-order valence-electron chi connectivity index (χ2n) is 5.82. The SMILES string of the molecule is NC(=O)c1cnn2c1NC1=C(C(=O)CCC1)[C@H]2c1ccccc1. The number of carbonyl (C=O) groups is 2. The van der Waals surface area contributed by atoms with Gasteiger partial charge in [0, 0.05) is 17.7 Å². The van der Waals surface area contributed by atoms with Crippen molar-refractivity contribution in [3.8, 4) is 0 Å². The highest BCUT2D eigenvalue weighted by Crippen LogP contribution is 2.41. The molecule has 23 heavy (non-hydrogen) atoms. The first-order valence-electron chi connectivity index (χ1n) is 7.62. The minimum absolute atomic E-state index is 0.134. The molecule has 2 heterocycles. The molecule has 0 radical (unpaired) electrons. The molecule has 1 atom stereocenters. The molecule has 0 fully saturated rings. The highest BCUT2D eigenvalue weighted by Gasteiger charge is 2.37. The average Bonchev–Trinajstić information content (AvgIpc) is 2.97. The van der Waals surface area contributed by atoms with Gasteiger partial charge in [0.1, 0.15) is 17.4 Å². The van der Waals surface area contributed by atoms with E-state index in [2.05, 4.69) is 10.4 Å². The third-order valence-corrected chi connectivity index (χ3v) is 4.42. The molecule has 0 saturated heterocycles. The Balaban J connectivity index is 1.95. The normalized spacial score (nSPS) is 19.8. The van der Waals surface area contributed by atoms with Crippen LogP contribution in [-0.4, -0.2) is 21.5 Å². The first kappa shape index (κ1) is 13.8. The minimum Gasteiger partial charge on any atom is -0.365 e. The van der Waals surface area contributed by atoms with Crippen molar-refractivity contribution < 1.29 is 9.59 Å². The summed E-state index contributed by atoms with van der Waals surface area (Å²) in [5.74, 6) is 0.172. The van der Waals surface area contributed by atoms with Gasteiger partial charge in [-0.2, -0.15) is 5.10 Å². The highest BCUT2D eigenvalue weighted by molar-refractivity contribution is 6.02. The van der Waals surface area contributed by atoms with Crippen LogP contribution in [0.2, 0.25) is 0 Å². The second kappa shape index (κ2) is 5.08. The number of amides is 1. The molecule has 1 aromatic carbocycles. The molecule has 2 aliphatic rings. The molecule has 0 spiro atoms. The lowest BCUT2D eigenvalue weighted by atomic mass is 9.85. The van der Waals surface area contributed by atoms with E-state index in [-0.39, 0.29) is 11.8 Å². The van der Waals surface area contributed by atoms with Crippen LogP contribution in [0.4, 0.5) is 5.82 Å². The van der Waals surface area contributed by atoms with Crippen LogP contribution in [0.3, 0.4) is 0 Å². The van der Waals surface area contributed by atoms with Crippen molar-refractivity contribution in [2.45, 2.75) is 25.3 Å². The molecule has 4 rings (SSSR count). The number of Topliss-reactive ketones (excluding diaryl/α,β-unsaturated/α-hetero) is 1. The van der Waals surface area contributed by atoms with Crippen LogP contribution in [0.25, 0.3) is 0 Å². The molecule has 1 aliphatic carbocycles.